The van der Waals surface area contributed by atoms with Crippen LogP contribution in [0.4, 0.5) is 0 Å². The number of hydrogen-bond acceptors (Lipinski definition) is 1. The molecule has 23 heavy (non-hydrogen) atoms. The second kappa shape index (κ2) is 9.75. The second-order valence-corrected chi connectivity index (χ2v) is 6.82. The number of rotatable bonds is 10. The Morgan fingerprint density at radius 3 is 2.30 bits per heavy atom. The summed E-state index contributed by atoms with van der Waals surface area (Å²) in [6.45, 7) is 14.6. The fourth-order valence-electron chi connectivity index (χ4n) is 3.51. The summed E-state index contributed by atoms with van der Waals surface area (Å²) < 4.78 is 0. The van der Waals surface area contributed by atoms with E-state index in [2.05, 4.69) is 57.3 Å². The first-order chi connectivity index (χ1) is 10.9. The van der Waals surface area contributed by atoms with Crippen molar-refractivity contribution >= 4 is 5.91 Å². The lowest BCUT2D eigenvalue weighted by molar-refractivity contribution is -0.120. The Bertz CT molecular complexity index is 452. The van der Waals surface area contributed by atoms with Crippen LogP contribution in [0.2, 0.25) is 0 Å². The maximum absolute atomic E-state index is 11.6. The van der Waals surface area contributed by atoms with Gasteiger partial charge in [-0.3, -0.25) is 4.79 Å². The van der Waals surface area contributed by atoms with E-state index in [1.165, 1.54) is 24.8 Å². The van der Waals surface area contributed by atoms with Crippen molar-refractivity contribution in [3.8, 4) is 0 Å². The summed E-state index contributed by atoms with van der Waals surface area (Å²) in [6.07, 6.45) is 6.79. The smallest absolute Gasteiger partial charge is 0.217 e. The van der Waals surface area contributed by atoms with Crippen molar-refractivity contribution in [2.75, 3.05) is 0 Å². The number of nitrogens with one attached hydrogen (secondary N) is 1. The topological polar surface area (TPSA) is 29.1 Å². The fraction of sp³-hybridized carbons (Fsp3) is 0.571. The first-order valence-corrected chi connectivity index (χ1v) is 8.94. The van der Waals surface area contributed by atoms with E-state index in [-0.39, 0.29) is 11.8 Å². The zero-order valence-electron chi connectivity index (χ0n) is 15.1. The minimum absolute atomic E-state index is 0.0567. The molecule has 0 heterocycles. The molecule has 2 unspecified atom stereocenters. The molecule has 0 aliphatic rings. The third kappa shape index (κ3) is 6.76. The quantitative estimate of drug-likeness (QED) is 0.647. The van der Waals surface area contributed by atoms with Gasteiger partial charge in [0.25, 0.3) is 0 Å². The highest BCUT2D eigenvalue weighted by molar-refractivity contribution is 5.74. The molecule has 0 saturated carbocycles. The van der Waals surface area contributed by atoms with Gasteiger partial charge in [0.1, 0.15) is 0 Å². The highest BCUT2D eigenvalue weighted by atomic mass is 16.1. The number of benzene rings is 1. The van der Waals surface area contributed by atoms with Gasteiger partial charge in [0.15, 0.2) is 0 Å². The van der Waals surface area contributed by atoms with Crippen LogP contribution in [0, 0.1) is 25.7 Å². The molecule has 0 aliphatic heterocycles. The van der Waals surface area contributed by atoms with Gasteiger partial charge < -0.3 is 5.32 Å². The molecule has 0 saturated heterocycles. The average molecular weight is 316 g/mol. The van der Waals surface area contributed by atoms with E-state index in [1.807, 2.05) is 6.07 Å². The van der Waals surface area contributed by atoms with Crippen molar-refractivity contribution in [2.24, 2.45) is 11.8 Å². The Balaban J connectivity index is 3.03. The summed E-state index contributed by atoms with van der Waals surface area (Å²) in [6, 6.07) is 10.5. The number of carbonyl (C=O) groups is 1. The van der Waals surface area contributed by atoms with Crippen LogP contribution in [0.1, 0.15) is 58.4 Å². The van der Waals surface area contributed by atoms with Gasteiger partial charge in [0, 0.05) is 12.5 Å². The minimum atomic E-state index is -0.685. The van der Waals surface area contributed by atoms with Crippen LogP contribution < -0.4 is 5.32 Å². The molecule has 1 aromatic carbocycles. The molecule has 1 aromatic rings. The Kier molecular flexibility index (Phi) is 8.36. The minimum Gasteiger partial charge on any atom is -0.351 e. The summed E-state index contributed by atoms with van der Waals surface area (Å²) in [7, 11) is 0. The van der Waals surface area contributed by atoms with E-state index in [0.29, 0.717) is 5.92 Å². The molecule has 0 bridgehead atoms. The van der Waals surface area contributed by atoms with E-state index < -0.39 is 5.54 Å². The standard InChI is InChI=1S/C21H33NO/c1-6-8-15-19(12-7-2)20(21(4,5)22-17(3)23)16-18-13-10-9-11-14-18/h9-11,13-14,19-20H,4-8,12,15-16H2,1-3H3,(H,22,23). The van der Waals surface area contributed by atoms with Crippen molar-refractivity contribution < 1.29 is 4.79 Å². The molecular weight excluding hydrogens is 282 g/mol. The van der Waals surface area contributed by atoms with Crippen LogP contribution in [0.25, 0.3) is 0 Å². The molecule has 2 nitrogen and oxygen atoms in total. The van der Waals surface area contributed by atoms with Crippen LogP contribution in [0.3, 0.4) is 0 Å². The van der Waals surface area contributed by atoms with Gasteiger partial charge in [-0.05, 0) is 37.7 Å². The van der Waals surface area contributed by atoms with Crippen molar-refractivity contribution in [2.45, 2.75) is 64.8 Å². The summed E-state index contributed by atoms with van der Waals surface area (Å²) in [5.74, 6) is 0.709. The SMILES string of the molecule is [CH2]C([CH2])(NC(C)=O)C(Cc1ccccc1)C(CCC)CCCC. The molecule has 0 fully saturated rings. The van der Waals surface area contributed by atoms with E-state index in [0.717, 1.165) is 19.3 Å². The zero-order valence-corrected chi connectivity index (χ0v) is 15.1. The maximum Gasteiger partial charge on any atom is 0.217 e. The first kappa shape index (κ1) is 19.7. The van der Waals surface area contributed by atoms with Crippen molar-refractivity contribution in [3.63, 3.8) is 0 Å². The average Bonchev–Trinajstić information content (AvgIpc) is 2.49. The van der Waals surface area contributed by atoms with Gasteiger partial charge in [0.2, 0.25) is 5.91 Å². The van der Waals surface area contributed by atoms with Crippen molar-refractivity contribution in [3.05, 3.63) is 49.7 Å². The van der Waals surface area contributed by atoms with Gasteiger partial charge in [-0.15, -0.1) is 0 Å². The van der Waals surface area contributed by atoms with Crippen LogP contribution in [0.5, 0.6) is 0 Å². The third-order valence-electron chi connectivity index (χ3n) is 4.59. The number of carbonyl (C=O) groups excluding carboxylic acids is 1. The largest absolute Gasteiger partial charge is 0.351 e. The maximum atomic E-state index is 11.6. The first-order valence-electron chi connectivity index (χ1n) is 8.94. The molecule has 0 aromatic heterocycles. The Morgan fingerprint density at radius 1 is 1.13 bits per heavy atom. The zero-order chi connectivity index (χ0) is 17.3. The molecular formula is C21H33NO. The summed E-state index contributed by atoms with van der Waals surface area (Å²) in [5, 5.41) is 2.99. The second-order valence-electron chi connectivity index (χ2n) is 6.82. The lowest BCUT2D eigenvalue weighted by Gasteiger charge is -2.40. The Labute approximate surface area is 143 Å². The molecule has 2 radical (unpaired) electrons. The lowest BCUT2D eigenvalue weighted by Crippen LogP contribution is -2.52. The van der Waals surface area contributed by atoms with E-state index in [4.69, 9.17) is 0 Å². The van der Waals surface area contributed by atoms with Crippen molar-refractivity contribution in [1.29, 1.82) is 0 Å². The number of hydrogen-bond donors (Lipinski definition) is 1. The van der Waals surface area contributed by atoms with Gasteiger partial charge in [0.05, 0.1) is 0 Å². The Hall–Kier alpha value is -1.31. The molecule has 0 aliphatic carbocycles. The summed E-state index contributed by atoms with van der Waals surface area (Å²) >= 11 is 0. The lowest BCUT2D eigenvalue weighted by atomic mass is 9.71. The highest BCUT2D eigenvalue weighted by Crippen LogP contribution is 2.34. The summed E-state index contributed by atoms with van der Waals surface area (Å²) in [4.78, 5) is 11.6. The monoisotopic (exact) mass is 315 g/mol. The number of unbranched alkanes of at least 4 members (excludes halogenated alkanes) is 1. The van der Waals surface area contributed by atoms with Gasteiger partial charge in [-0.2, -0.15) is 0 Å². The predicted octanol–water partition coefficient (Wildman–Crippen LogP) is 4.99. The van der Waals surface area contributed by atoms with Crippen LogP contribution in [0.15, 0.2) is 30.3 Å². The van der Waals surface area contributed by atoms with Gasteiger partial charge in [-0.25, -0.2) is 0 Å². The molecule has 2 atom stereocenters. The molecule has 128 valence electrons. The molecule has 1 N–H and O–H groups in total. The van der Waals surface area contributed by atoms with E-state index in [1.54, 1.807) is 6.92 Å². The summed E-state index contributed by atoms with van der Waals surface area (Å²) in [5.41, 5.74) is 0.604. The molecule has 0 spiro atoms. The highest BCUT2D eigenvalue weighted by Gasteiger charge is 2.35. The molecule has 1 amide bonds. The van der Waals surface area contributed by atoms with Crippen LogP contribution >= 0.6 is 0 Å². The van der Waals surface area contributed by atoms with Gasteiger partial charge >= 0.3 is 0 Å². The van der Waals surface area contributed by atoms with Crippen LogP contribution in [-0.2, 0) is 11.2 Å². The third-order valence-corrected chi connectivity index (χ3v) is 4.59. The van der Waals surface area contributed by atoms with Gasteiger partial charge in [-0.1, -0.05) is 76.3 Å². The predicted molar refractivity (Wildman–Crippen MR) is 98.8 cm³/mol. The Morgan fingerprint density at radius 2 is 1.78 bits per heavy atom. The van der Waals surface area contributed by atoms with E-state index in [9.17, 15) is 4.79 Å². The molecule has 2 heteroatoms. The van der Waals surface area contributed by atoms with Crippen molar-refractivity contribution in [1.82, 2.24) is 5.32 Å². The number of amides is 1. The normalized spacial score (nSPS) is 14.3. The van der Waals surface area contributed by atoms with Crippen LogP contribution in [-0.4, -0.2) is 11.4 Å². The molecule has 1 rings (SSSR count). The fourth-order valence-corrected chi connectivity index (χ4v) is 3.51. The van der Waals surface area contributed by atoms with E-state index >= 15 is 0 Å².